The van der Waals surface area contributed by atoms with Crippen LogP contribution in [0.15, 0.2) is 36.4 Å². The summed E-state index contributed by atoms with van der Waals surface area (Å²) < 4.78 is 17.0. The van der Waals surface area contributed by atoms with Crippen molar-refractivity contribution in [1.29, 1.82) is 5.26 Å². The van der Waals surface area contributed by atoms with E-state index in [1.165, 1.54) is 104 Å². The molecule has 0 spiro atoms. The van der Waals surface area contributed by atoms with Gasteiger partial charge in [0.05, 0.1) is 6.07 Å². The summed E-state index contributed by atoms with van der Waals surface area (Å²) in [6, 6.07) is 16.2. The van der Waals surface area contributed by atoms with Gasteiger partial charge in [0, 0.05) is 35.5 Å². The molecule has 2 aromatic carbocycles. The fraction of sp³-hybridized carbons (Fsp3) is 0.817. The summed E-state index contributed by atoms with van der Waals surface area (Å²) >= 11 is 0. The average molecular weight is 1020 g/mol. The lowest BCUT2D eigenvalue weighted by Gasteiger charge is -2.33. The third kappa shape index (κ3) is 33.5. The molecule has 2 fully saturated rings. The fourth-order valence-corrected chi connectivity index (χ4v) is 10.3. The average Bonchev–Trinajstić information content (AvgIpc) is 3.83. The lowest BCUT2D eigenvalue weighted by molar-refractivity contribution is 0.180. The second-order valence-electron chi connectivity index (χ2n) is 33.8. The summed E-state index contributed by atoms with van der Waals surface area (Å²) in [5.41, 5.74) is 8.09. The van der Waals surface area contributed by atoms with Crippen LogP contribution in [-0.4, -0.2) is 4.57 Å². The first-order valence-corrected chi connectivity index (χ1v) is 29.5. The van der Waals surface area contributed by atoms with E-state index >= 15 is 0 Å². The molecule has 1 aromatic heterocycles. The van der Waals surface area contributed by atoms with Gasteiger partial charge in [-0.15, -0.1) is 0 Å². The number of fused-ring (bicyclic) bond motifs is 3. The summed E-state index contributed by atoms with van der Waals surface area (Å²) in [5.74, 6) is 2.86. The van der Waals surface area contributed by atoms with Gasteiger partial charge >= 0.3 is 0 Å². The molecule has 0 atom stereocenters. The van der Waals surface area contributed by atoms with E-state index in [2.05, 4.69) is 227 Å². The van der Waals surface area contributed by atoms with Crippen LogP contribution in [0.5, 0.6) is 0 Å². The molecular formula is C71H132N2. The smallest absolute Gasteiger partial charge is 0.0680 e. The Morgan fingerprint density at radius 3 is 0.932 bits per heavy atom. The highest BCUT2D eigenvalue weighted by atomic mass is 15.0. The first kappa shape index (κ1) is 68.7. The van der Waals surface area contributed by atoms with Gasteiger partial charge in [0.15, 0.2) is 0 Å². The molecule has 0 bridgehead atoms. The Morgan fingerprint density at radius 1 is 0.493 bits per heavy atom. The van der Waals surface area contributed by atoms with E-state index in [9.17, 15) is 0 Å². The Labute approximate surface area is 463 Å². The molecule has 2 aliphatic carbocycles. The van der Waals surface area contributed by atoms with Crippen molar-refractivity contribution in [1.82, 2.24) is 4.57 Å². The maximum Gasteiger partial charge on any atom is 0.0680 e. The second-order valence-corrected chi connectivity index (χ2v) is 33.8. The van der Waals surface area contributed by atoms with Crippen LogP contribution in [0.4, 0.5) is 0 Å². The molecule has 5 rings (SSSR count). The van der Waals surface area contributed by atoms with Crippen molar-refractivity contribution < 1.29 is 2.74 Å². The number of nitriles is 1. The molecule has 0 amide bonds. The Hall–Kier alpha value is -2.27. The third-order valence-corrected chi connectivity index (χ3v) is 13.7. The molecule has 3 aromatic rings. The highest BCUT2D eigenvalue weighted by Crippen LogP contribution is 2.41. The Bertz CT molecular complexity index is 1990. The zero-order chi connectivity index (χ0) is 60.0. The number of hydrogen-bond donors (Lipinski definition) is 0. The quantitative estimate of drug-likeness (QED) is 0.239. The van der Waals surface area contributed by atoms with E-state index in [-0.39, 0.29) is 27.2 Å². The molecule has 2 heteroatoms. The number of aromatic nitrogens is 1. The van der Waals surface area contributed by atoms with E-state index in [1.54, 1.807) is 6.92 Å². The zero-order valence-corrected chi connectivity index (χ0v) is 55.9. The highest BCUT2D eigenvalue weighted by Gasteiger charge is 2.28. The molecule has 2 aliphatic rings. The number of benzene rings is 2. The van der Waals surface area contributed by atoms with E-state index in [0.29, 0.717) is 27.1 Å². The molecule has 1 heterocycles. The topological polar surface area (TPSA) is 28.7 Å². The van der Waals surface area contributed by atoms with E-state index in [0.717, 1.165) is 17.8 Å². The van der Waals surface area contributed by atoms with Crippen molar-refractivity contribution in [3.8, 4) is 6.07 Å². The van der Waals surface area contributed by atoms with Gasteiger partial charge < -0.3 is 4.57 Å². The number of nitrogens with zero attached hydrogens (tertiary/aromatic N) is 2. The monoisotopic (exact) mass is 1020 g/mol. The molecule has 0 unspecified atom stereocenters. The van der Waals surface area contributed by atoms with Gasteiger partial charge in [0.25, 0.3) is 0 Å². The first-order valence-electron chi connectivity index (χ1n) is 30.5. The maximum atomic E-state index is 8.15. The van der Waals surface area contributed by atoms with Crippen LogP contribution in [-0.2, 0) is 16.4 Å². The van der Waals surface area contributed by atoms with E-state index < -0.39 is 6.37 Å². The summed E-state index contributed by atoms with van der Waals surface area (Å²) in [4.78, 5) is 0. The minimum atomic E-state index is -1.06. The third-order valence-electron chi connectivity index (χ3n) is 13.7. The van der Waals surface area contributed by atoms with Crippen molar-refractivity contribution in [2.45, 2.75) is 322 Å². The normalized spacial score (nSPS) is 16.3. The van der Waals surface area contributed by atoms with Crippen LogP contribution in [0.25, 0.3) is 21.8 Å². The van der Waals surface area contributed by atoms with Gasteiger partial charge in [0.1, 0.15) is 0 Å². The molecule has 73 heavy (non-hydrogen) atoms. The molecule has 2 saturated carbocycles. The van der Waals surface area contributed by atoms with Crippen LogP contribution in [0, 0.1) is 67.0 Å². The molecule has 0 aliphatic heterocycles. The molecule has 426 valence electrons. The summed E-state index contributed by atoms with van der Waals surface area (Å²) in [6.07, 6.45) is 14.8. The number of hydrogen-bond acceptors (Lipinski definition) is 1. The van der Waals surface area contributed by atoms with Gasteiger partial charge in [-0.1, -0.05) is 238 Å². The van der Waals surface area contributed by atoms with Crippen LogP contribution >= 0.6 is 0 Å². The predicted molar refractivity (Wildman–Crippen MR) is 337 cm³/mol. The van der Waals surface area contributed by atoms with Crippen LogP contribution in [0.3, 0.4) is 0 Å². The molecule has 0 N–H and O–H groups in total. The summed E-state index contributed by atoms with van der Waals surface area (Å²) in [7, 11) is 0. The standard InChI is InChI=1S/C24H33N.C10H20.C9H18.C9H20.C8H18.C6H14.C5H9N/c1-22(2,3)16-10-12-20-18(14-16)19-15-17(23(4,5)6)11-13-21(19)25(20)24(7,8)9;1-10(2,3)9-7-5-4-6-8-9;1-9(2,3)8-6-4-5-7-8;1-8(2,3)7-9(4,5)6;1-7(2)6-8(3,4)5;1-5-6(2,3)4;1-5(2,3)4-6/h10-15H,1-9H3;9H,4-8H2,1-3H3;8H,4-7H2,1-3H3;7H2,1-6H3;7H,6H2,1-5H3;5H2,1-4H3;1-3H3/i;;;;;5D2;. The minimum Gasteiger partial charge on any atom is -0.335 e. The van der Waals surface area contributed by atoms with Gasteiger partial charge in [0.2, 0.25) is 0 Å². The van der Waals surface area contributed by atoms with Crippen molar-refractivity contribution >= 4 is 21.8 Å². The van der Waals surface area contributed by atoms with E-state index in [4.69, 9.17) is 8.00 Å². The van der Waals surface area contributed by atoms with Crippen molar-refractivity contribution in [3.05, 3.63) is 47.5 Å². The largest absolute Gasteiger partial charge is 0.335 e. The van der Waals surface area contributed by atoms with E-state index in [1.807, 2.05) is 41.5 Å². The maximum absolute atomic E-state index is 8.15. The van der Waals surface area contributed by atoms with Crippen molar-refractivity contribution in [3.63, 3.8) is 0 Å². The van der Waals surface area contributed by atoms with Gasteiger partial charge in [-0.3, -0.25) is 0 Å². The Balaban J connectivity index is 0. The van der Waals surface area contributed by atoms with Gasteiger partial charge in [-0.25, -0.2) is 0 Å². The predicted octanol–water partition coefficient (Wildman–Crippen LogP) is 24.5. The van der Waals surface area contributed by atoms with Crippen molar-refractivity contribution in [2.75, 3.05) is 0 Å². The fourth-order valence-electron chi connectivity index (χ4n) is 10.3. The lowest BCUT2D eigenvalue weighted by Crippen LogP contribution is -2.22. The van der Waals surface area contributed by atoms with Crippen LogP contribution in [0.2, 0.25) is 0 Å². The van der Waals surface area contributed by atoms with Gasteiger partial charge in [-0.2, -0.15) is 5.26 Å². The summed E-state index contributed by atoms with van der Waals surface area (Å²) in [6.45, 7) is 72.9. The molecule has 0 radical (unpaired) electrons. The first-order chi connectivity index (χ1) is 32.9. The minimum absolute atomic E-state index is 0.0481. The van der Waals surface area contributed by atoms with Gasteiger partial charge in [-0.05, 0) is 177 Å². The molecular weight excluding hydrogens is 881 g/mol. The SMILES string of the molecule is CC(C)(C)C#N.CC(C)(C)C1CCCC1.CC(C)(C)C1CCCCC1.CC(C)(C)CC(C)(C)C.CC(C)(C)c1ccc2c(c1)c1cc(C(C)(C)C)ccc1n2C(C)(C)C.CC(C)CC(C)(C)C.[2H]C([2H])(C)C(C)(C)C. The van der Waals surface area contributed by atoms with Crippen LogP contribution < -0.4 is 0 Å². The second kappa shape index (κ2) is 28.9. The highest BCUT2D eigenvalue weighted by molar-refractivity contribution is 6.09. The Morgan fingerprint density at radius 2 is 0.781 bits per heavy atom. The summed E-state index contributed by atoms with van der Waals surface area (Å²) in [5, 5.41) is 10.9. The molecule has 0 saturated heterocycles. The zero-order valence-electron chi connectivity index (χ0n) is 57.9. The van der Waals surface area contributed by atoms with Crippen molar-refractivity contribution in [2.24, 2.45) is 55.7 Å². The van der Waals surface area contributed by atoms with Crippen LogP contribution in [0.1, 0.15) is 319 Å². The Kier molecular flexibility index (Phi) is 27.2. The molecule has 2 nitrogen and oxygen atoms in total. The number of rotatable bonds is 1. The lowest BCUT2D eigenvalue weighted by atomic mass is 9.72.